The van der Waals surface area contributed by atoms with Crippen molar-refractivity contribution in [2.45, 2.75) is 11.5 Å². The van der Waals surface area contributed by atoms with Crippen molar-refractivity contribution in [3.63, 3.8) is 0 Å². The normalized spacial score (nSPS) is 10.1. The summed E-state index contributed by atoms with van der Waals surface area (Å²) in [5, 5.41) is 1.96. The number of esters is 1. The van der Waals surface area contributed by atoms with E-state index in [-0.39, 0.29) is 5.97 Å². The summed E-state index contributed by atoms with van der Waals surface area (Å²) in [4.78, 5) is 13.5. The van der Waals surface area contributed by atoms with Crippen LogP contribution in [0, 0.1) is 0 Å². The zero-order valence-electron chi connectivity index (χ0n) is 8.42. The molecule has 2 rings (SSSR count). The number of rotatable bonds is 3. The lowest BCUT2D eigenvalue weighted by Gasteiger charge is -2.03. The van der Waals surface area contributed by atoms with Crippen LogP contribution in [0.2, 0.25) is 0 Å². The first-order valence-electron chi connectivity index (χ1n) is 4.74. The van der Waals surface area contributed by atoms with E-state index in [1.807, 2.05) is 17.5 Å². The summed E-state index contributed by atoms with van der Waals surface area (Å²) < 4.78 is 5.16. The summed E-state index contributed by atoms with van der Waals surface area (Å²) in [6, 6.07) is 10.8. The number of thiol groups is 1. The molecule has 0 aliphatic heterocycles. The van der Waals surface area contributed by atoms with Gasteiger partial charge < -0.3 is 4.74 Å². The summed E-state index contributed by atoms with van der Waals surface area (Å²) in [5.41, 5.74) is 0.550. The van der Waals surface area contributed by atoms with Gasteiger partial charge in [0.2, 0.25) is 0 Å². The molecule has 0 atom stereocenters. The largest absolute Gasteiger partial charge is 0.456 e. The van der Waals surface area contributed by atoms with E-state index >= 15 is 0 Å². The first-order valence-corrected chi connectivity index (χ1v) is 6.07. The van der Waals surface area contributed by atoms with Gasteiger partial charge in [-0.2, -0.15) is 0 Å². The van der Waals surface area contributed by atoms with E-state index in [9.17, 15) is 4.79 Å². The highest BCUT2D eigenvalue weighted by atomic mass is 32.1. The number of hydrogen-bond acceptors (Lipinski definition) is 4. The molecule has 0 radical (unpaired) electrons. The minimum Gasteiger partial charge on any atom is -0.456 e. The second kappa shape index (κ2) is 5.18. The van der Waals surface area contributed by atoms with Crippen LogP contribution in [-0.4, -0.2) is 5.97 Å². The molecule has 0 aliphatic carbocycles. The molecule has 0 N–H and O–H groups in total. The lowest BCUT2D eigenvalue weighted by molar-refractivity contribution is 0.0477. The van der Waals surface area contributed by atoms with Gasteiger partial charge in [-0.3, -0.25) is 0 Å². The van der Waals surface area contributed by atoms with Gasteiger partial charge in [-0.05, 0) is 35.7 Å². The fourth-order valence-corrected chi connectivity index (χ4v) is 1.98. The Bertz CT molecular complexity index is 460. The fourth-order valence-electron chi connectivity index (χ4n) is 1.21. The predicted molar refractivity (Wildman–Crippen MR) is 67.1 cm³/mol. The zero-order valence-corrected chi connectivity index (χ0v) is 10.1. The van der Waals surface area contributed by atoms with Crippen molar-refractivity contribution in [1.82, 2.24) is 0 Å². The first kappa shape index (κ1) is 11.2. The molecule has 0 bridgehead atoms. The molecule has 2 nitrogen and oxygen atoms in total. The number of ether oxygens (including phenoxy) is 1. The molecule has 4 heteroatoms. The minimum absolute atomic E-state index is 0.304. The zero-order chi connectivity index (χ0) is 11.4. The number of thiophene rings is 1. The monoisotopic (exact) mass is 250 g/mol. The van der Waals surface area contributed by atoms with E-state index in [0.29, 0.717) is 12.2 Å². The van der Waals surface area contributed by atoms with Gasteiger partial charge in [0.25, 0.3) is 0 Å². The smallest absolute Gasteiger partial charge is 0.338 e. The molecule has 0 saturated heterocycles. The lowest BCUT2D eigenvalue weighted by atomic mass is 10.2. The third-order valence-corrected chi connectivity index (χ3v) is 3.18. The maximum absolute atomic E-state index is 11.6. The quantitative estimate of drug-likeness (QED) is 0.667. The summed E-state index contributed by atoms with van der Waals surface area (Å²) in [5.74, 6) is -0.304. The van der Waals surface area contributed by atoms with Gasteiger partial charge in [-0.25, -0.2) is 4.79 Å². The van der Waals surface area contributed by atoms with Crippen LogP contribution in [0.15, 0.2) is 46.7 Å². The number of carbonyl (C=O) groups is 1. The van der Waals surface area contributed by atoms with Gasteiger partial charge in [0.05, 0.1) is 5.56 Å². The maximum Gasteiger partial charge on any atom is 0.338 e. The third kappa shape index (κ3) is 2.87. The van der Waals surface area contributed by atoms with Crippen molar-refractivity contribution in [3.8, 4) is 0 Å². The molecule has 82 valence electrons. The first-order chi connectivity index (χ1) is 7.75. The second-order valence-electron chi connectivity index (χ2n) is 3.20. The van der Waals surface area contributed by atoms with Gasteiger partial charge in [0.1, 0.15) is 6.61 Å². The highest BCUT2D eigenvalue weighted by Gasteiger charge is 2.06. The van der Waals surface area contributed by atoms with E-state index in [0.717, 1.165) is 9.77 Å². The van der Waals surface area contributed by atoms with E-state index in [1.54, 1.807) is 35.6 Å². The second-order valence-corrected chi connectivity index (χ2v) is 4.75. The molecule has 0 unspecified atom stereocenters. The van der Waals surface area contributed by atoms with Crippen LogP contribution in [0.25, 0.3) is 0 Å². The van der Waals surface area contributed by atoms with Crippen molar-refractivity contribution in [2.75, 3.05) is 0 Å². The predicted octanol–water partition coefficient (Wildman–Crippen LogP) is 3.39. The van der Waals surface area contributed by atoms with Crippen molar-refractivity contribution in [1.29, 1.82) is 0 Å². The van der Waals surface area contributed by atoms with Gasteiger partial charge in [-0.1, -0.05) is 6.07 Å². The molecule has 0 fully saturated rings. The lowest BCUT2D eigenvalue weighted by Crippen LogP contribution is -2.04. The molecule has 0 amide bonds. The van der Waals surface area contributed by atoms with Crippen LogP contribution in [0.4, 0.5) is 0 Å². The highest BCUT2D eigenvalue weighted by Crippen LogP contribution is 2.12. The van der Waals surface area contributed by atoms with Crippen LogP contribution >= 0.6 is 24.0 Å². The van der Waals surface area contributed by atoms with Crippen LogP contribution in [0.5, 0.6) is 0 Å². The Morgan fingerprint density at radius 3 is 2.62 bits per heavy atom. The van der Waals surface area contributed by atoms with Crippen molar-refractivity contribution in [3.05, 3.63) is 52.2 Å². The van der Waals surface area contributed by atoms with Gasteiger partial charge in [0, 0.05) is 9.77 Å². The maximum atomic E-state index is 11.6. The van der Waals surface area contributed by atoms with E-state index < -0.39 is 0 Å². The van der Waals surface area contributed by atoms with Crippen molar-refractivity contribution >= 4 is 29.9 Å². The van der Waals surface area contributed by atoms with Crippen LogP contribution in [0.1, 0.15) is 15.2 Å². The van der Waals surface area contributed by atoms with Crippen molar-refractivity contribution < 1.29 is 9.53 Å². The van der Waals surface area contributed by atoms with Gasteiger partial charge in [0.15, 0.2) is 0 Å². The Labute approximate surface area is 103 Å². The number of hydrogen-bond donors (Lipinski definition) is 1. The molecule has 0 saturated carbocycles. The Morgan fingerprint density at radius 2 is 2.00 bits per heavy atom. The highest BCUT2D eigenvalue weighted by molar-refractivity contribution is 7.80. The fraction of sp³-hybridized carbons (Fsp3) is 0.0833. The van der Waals surface area contributed by atoms with E-state index in [4.69, 9.17) is 4.74 Å². The van der Waals surface area contributed by atoms with Crippen molar-refractivity contribution in [2.24, 2.45) is 0 Å². The molecule has 1 aromatic heterocycles. The average Bonchev–Trinajstić information content (AvgIpc) is 2.80. The third-order valence-electron chi connectivity index (χ3n) is 2.03. The Morgan fingerprint density at radius 1 is 1.25 bits per heavy atom. The summed E-state index contributed by atoms with van der Waals surface area (Å²) >= 11 is 5.72. The number of benzene rings is 1. The molecular formula is C12H10O2S2. The summed E-state index contributed by atoms with van der Waals surface area (Å²) in [7, 11) is 0. The van der Waals surface area contributed by atoms with Crippen LogP contribution in [-0.2, 0) is 11.3 Å². The number of carbonyl (C=O) groups excluding carboxylic acids is 1. The molecule has 1 aromatic carbocycles. The average molecular weight is 250 g/mol. The topological polar surface area (TPSA) is 26.3 Å². The molecule has 0 aliphatic rings. The standard InChI is InChI=1S/C12H10O2S2/c13-12(9-3-5-10(15)6-4-9)14-8-11-2-1-7-16-11/h1-7,15H,8H2. The van der Waals surface area contributed by atoms with Crippen LogP contribution < -0.4 is 0 Å². The minimum atomic E-state index is -0.304. The Hall–Kier alpha value is -1.26. The summed E-state index contributed by atoms with van der Waals surface area (Å²) in [6.45, 7) is 0.332. The molecule has 2 aromatic rings. The van der Waals surface area contributed by atoms with Gasteiger partial charge >= 0.3 is 5.97 Å². The van der Waals surface area contributed by atoms with E-state index in [1.165, 1.54) is 0 Å². The van der Waals surface area contributed by atoms with Crippen LogP contribution in [0.3, 0.4) is 0 Å². The summed E-state index contributed by atoms with van der Waals surface area (Å²) in [6.07, 6.45) is 0. The SMILES string of the molecule is O=C(OCc1cccs1)c1ccc(S)cc1. The molecular weight excluding hydrogens is 240 g/mol. The molecule has 0 spiro atoms. The molecule has 16 heavy (non-hydrogen) atoms. The van der Waals surface area contributed by atoms with Gasteiger partial charge in [-0.15, -0.1) is 24.0 Å². The molecule has 1 heterocycles. The Kier molecular flexibility index (Phi) is 3.64. The van der Waals surface area contributed by atoms with E-state index in [2.05, 4.69) is 12.6 Å². The Balaban J connectivity index is 1.95.